The summed E-state index contributed by atoms with van der Waals surface area (Å²) in [7, 11) is 0. The highest BCUT2D eigenvalue weighted by Crippen LogP contribution is 2.34. The van der Waals surface area contributed by atoms with Crippen LogP contribution in [-0.4, -0.2) is 0 Å². The Kier molecular flexibility index (Phi) is 2.81. The maximum atomic E-state index is 13.4. The monoisotopic (exact) mass is 205 g/mol. The van der Waals surface area contributed by atoms with Crippen molar-refractivity contribution in [2.45, 2.75) is 30.4 Å². The lowest BCUT2D eigenvalue weighted by Gasteiger charge is -2.16. The third-order valence-electron chi connectivity index (χ3n) is 1.61. The summed E-state index contributed by atoms with van der Waals surface area (Å²) in [5, 5.41) is 7.13. The van der Waals surface area contributed by atoms with E-state index in [1.54, 1.807) is 0 Å². The summed E-state index contributed by atoms with van der Waals surface area (Å²) in [4.78, 5) is 0. The minimum Gasteiger partial charge on any atom is -0.273 e. The van der Waals surface area contributed by atoms with Crippen molar-refractivity contribution in [3.63, 3.8) is 0 Å². The predicted octanol–water partition coefficient (Wildman–Crippen LogP) is 3.15. The molecule has 2 N–H and O–H groups in total. The van der Waals surface area contributed by atoms with Crippen LogP contribution >= 0.6 is 23.3 Å². The van der Waals surface area contributed by atoms with Crippen LogP contribution in [0.1, 0.15) is 26.3 Å². The van der Waals surface area contributed by atoms with E-state index in [0.29, 0.717) is 4.21 Å². The maximum Gasteiger partial charge on any atom is 0.152 e. The van der Waals surface area contributed by atoms with Crippen molar-refractivity contribution in [1.29, 1.82) is 0 Å². The van der Waals surface area contributed by atoms with Gasteiger partial charge in [0, 0.05) is 5.56 Å². The summed E-state index contributed by atoms with van der Waals surface area (Å²) in [5.74, 6) is -0.153. The quantitative estimate of drug-likeness (QED) is 0.713. The molecule has 0 saturated heterocycles. The van der Waals surface area contributed by atoms with Gasteiger partial charge >= 0.3 is 0 Å². The van der Waals surface area contributed by atoms with Crippen LogP contribution in [-0.2, 0) is 5.41 Å². The molecule has 0 radical (unpaired) electrons. The van der Waals surface area contributed by atoms with Gasteiger partial charge in [-0.05, 0) is 22.7 Å². The number of nitrogens with two attached hydrogens (primary N) is 1. The maximum absolute atomic E-state index is 13.4. The predicted molar refractivity (Wildman–Crippen MR) is 53.0 cm³/mol. The van der Waals surface area contributed by atoms with Crippen LogP contribution in [0.5, 0.6) is 0 Å². The Labute approximate surface area is 80.3 Å². The van der Waals surface area contributed by atoms with Gasteiger partial charge in [0.1, 0.15) is 4.21 Å². The van der Waals surface area contributed by atoms with Crippen molar-refractivity contribution in [1.82, 2.24) is 0 Å². The molecule has 12 heavy (non-hydrogen) atoms. The Morgan fingerprint density at radius 3 is 2.33 bits per heavy atom. The van der Waals surface area contributed by atoms with E-state index in [1.165, 1.54) is 11.3 Å². The first kappa shape index (κ1) is 10.0. The van der Waals surface area contributed by atoms with Crippen molar-refractivity contribution in [3.8, 4) is 0 Å². The van der Waals surface area contributed by atoms with Crippen LogP contribution in [0.15, 0.2) is 9.59 Å². The molecule has 0 aliphatic rings. The number of halogens is 1. The van der Waals surface area contributed by atoms with Gasteiger partial charge in [0.15, 0.2) is 5.82 Å². The second kappa shape index (κ2) is 3.36. The number of thiophene rings is 1. The lowest BCUT2D eigenvalue weighted by Crippen LogP contribution is -2.11. The zero-order valence-electron chi connectivity index (χ0n) is 7.35. The SMILES string of the molecule is CC(C)(C)c1csc(SN)c1F. The molecule has 0 aliphatic heterocycles. The van der Waals surface area contributed by atoms with Gasteiger partial charge in [0.25, 0.3) is 0 Å². The summed E-state index contributed by atoms with van der Waals surface area (Å²) in [6.45, 7) is 5.97. The molecule has 1 nitrogen and oxygen atoms in total. The molecule has 0 unspecified atom stereocenters. The van der Waals surface area contributed by atoms with Crippen molar-refractivity contribution in [2.75, 3.05) is 0 Å². The van der Waals surface area contributed by atoms with Crippen LogP contribution < -0.4 is 5.14 Å². The smallest absolute Gasteiger partial charge is 0.152 e. The molecule has 0 bridgehead atoms. The van der Waals surface area contributed by atoms with Crippen molar-refractivity contribution in [3.05, 3.63) is 16.8 Å². The van der Waals surface area contributed by atoms with Crippen LogP contribution in [0.25, 0.3) is 0 Å². The number of hydrogen-bond donors (Lipinski definition) is 1. The second-order valence-corrected chi connectivity index (χ2v) is 5.40. The van der Waals surface area contributed by atoms with Gasteiger partial charge in [-0.15, -0.1) is 11.3 Å². The van der Waals surface area contributed by atoms with Crippen LogP contribution in [0.4, 0.5) is 4.39 Å². The van der Waals surface area contributed by atoms with Crippen molar-refractivity contribution < 1.29 is 4.39 Å². The van der Waals surface area contributed by atoms with E-state index in [9.17, 15) is 4.39 Å². The molecule has 0 atom stereocenters. The summed E-state index contributed by atoms with van der Waals surface area (Å²) in [5.41, 5.74) is 0.620. The fourth-order valence-electron chi connectivity index (χ4n) is 0.911. The second-order valence-electron chi connectivity index (χ2n) is 3.62. The van der Waals surface area contributed by atoms with E-state index in [4.69, 9.17) is 5.14 Å². The Hall–Kier alpha value is -0.0600. The number of hydrogen-bond acceptors (Lipinski definition) is 3. The first-order valence-electron chi connectivity index (χ1n) is 3.61. The lowest BCUT2D eigenvalue weighted by molar-refractivity contribution is 0.518. The molecule has 0 saturated carbocycles. The highest BCUT2D eigenvalue weighted by atomic mass is 32.2. The van der Waals surface area contributed by atoms with E-state index in [2.05, 4.69) is 0 Å². The summed E-state index contributed by atoms with van der Waals surface area (Å²) >= 11 is 2.34. The summed E-state index contributed by atoms with van der Waals surface area (Å²) in [6.07, 6.45) is 0. The molecular weight excluding hydrogens is 193 g/mol. The lowest BCUT2D eigenvalue weighted by atomic mass is 9.89. The topological polar surface area (TPSA) is 26.0 Å². The summed E-state index contributed by atoms with van der Waals surface area (Å²) in [6, 6.07) is 0. The molecule has 0 spiro atoms. The fraction of sp³-hybridized carbons (Fsp3) is 0.500. The molecule has 68 valence electrons. The van der Waals surface area contributed by atoms with Gasteiger partial charge < -0.3 is 0 Å². The van der Waals surface area contributed by atoms with E-state index >= 15 is 0 Å². The Bertz CT molecular complexity index is 275. The average molecular weight is 205 g/mol. The molecule has 1 heterocycles. The normalized spacial score (nSPS) is 12.1. The third-order valence-corrected chi connectivity index (χ3v) is 3.33. The van der Waals surface area contributed by atoms with E-state index in [0.717, 1.165) is 17.5 Å². The molecule has 0 fully saturated rings. The highest BCUT2D eigenvalue weighted by molar-refractivity contribution is 7.99. The van der Waals surface area contributed by atoms with Crippen LogP contribution in [0, 0.1) is 5.82 Å². The molecule has 1 aromatic rings. The van der Waals surface area contributed by atoms with Crippen LogP contribution in [0.3, 0.4) is 0 Å². The van der Waals surface area contributed by atoms with Gasteiger partial charge in [-0.1, -0.05) is 20.8 Å². The zero-order valence-corrected chi connectivity index (χ0v) is 8.98. The minimum absolute atomic E-state index is 0.130. The van der Waals surface area contributed by atoms with Gasteiger partial charge in [-0.2, -0.15) is 0 Å². The zero-order chi connectivity index (χ0) is 9.35. The van der Waals surface area contributed by atoms with Crippen molar-refractivity contribution >= 4 is 23.3 Å². The first-order chi connectivity index (χ1) is 5.46. The Balaban J connectivity index is 3.11. The van der Waals surface area contributed by atoms with Gasteiger partial charge in [0.05, 0.1) is 0 Å². The first-order valence-corrected chi connectivity index (χ1v) is 5.37. The molecule has 0 amide bonds. The molecule has 4 heteroatoms. The largest absolute Gasteiger partial charge is 0.273 e. The molecule has 0 aromatic carbocycles. The van der Waals surface area contributed by atoms with Gasteiger partial charge in [-0.3, -0.25) is 5.14 Å². The molecular formula is C8H12FNS2. The van der Waals surface area contributed by atoms with E-state index in [1.807, 2.05) is 26.2 Å². The van der Waals surface area contributed by atoms with Gasteiger partial charge in [0.2, 0.25) is 0 Å². The highest BCUT2D eigenvalue weighted by Gasteiger charge is 2.22. The third kappa shape index (κ3) is 1.81. The summed E-state index contributed by atoms with van der Waals surface area (Å²) < 4.78 is 14.0. The van der Waals surface area contributed by atoms with Crippen LogP contribution in [0.2, 0.25) is 0 Å². The average Bonchev–Trinajstić information content (AvgIpc) is 2.29. The van der Waals surface area contributed by atoms with E-state index in [-0.39, 0.29) is 11.2 Å². The molecule has 1 rings (SSSR count). The standard InChI is InChI=1S/C8H12FNS2/c1-8(2,3)5-4-11-7(12-10)6(5)9/h4H,10H2,1-3H3. The van der Waals surface area contributed by atoms with E-state index < -0.39 is 0 Å². The minimum atomic E-state index is -0.153. The molecule has 1 aromatic heterocycles. The Morgan fingerprint density at radius 1 is 1.50 bits per heavy atom. The fourth-order valence-corrected chi connectivity index (χ4v) is 2.39. The van der Waals surface area contributed by atoms with Gasteiger partial charge in [-0.25, -0.2) is 4.39 Å². The van der Waals surface area contributed by atoms with Crippen molar-refractivity contribution in [2.24, 2.45) is 5.14 Å². The number of rotatable bonds is 1. The Morgan fingerprint density at radius 2 is 2.08 bits per heavy atom. The molecule has 0 aliphatic carbocycles.